The van der Waals surface area contributed by atoms with Gasteiger partial charge in [0.15, 0.2) is 5.13 Å². The van der Waals surface area contributed by atoms with E-state index in [0.29, 0.717) is 22.9 Å². The van der Waals surface area contributed by atoms with Gasteiger partial charge in [0.25, 0.3) is 0 Å². The zero-order valence-electron chi connectivity index (χ0n) is 14.5. The fourth-order valence-electron chi connectivity index (χ4n) is 2.58. The molecule has 7 heteroatoms. The Morgan fingerprint density at radius 2 is 2.08 bits per heavy atom. The van der Waals surface area contributed by atoms with Crippen molar-refractivity contribution in [2.75, 3.05) is 12.4 Å². The van der Waals surface area contributed by atoms with Crippen molar-refractivity contribution >= 4 is 28.3 Å². The van der Waals surface area contributed by atoms with E-state index in [1.54, 1.807) is 12.3 Å². The summed E-state index contributed by atoms with van der Waals surface area (Å²) in [7, 11) is 1.33. The molecule has 2 N–H and O–H groups in total. The molecular weight excluding hydrogens is 350 g/mol. The number of anilines is 1. The molecule has 2 heterocycles. The van der Waals surface area contributed by atoms with Crippen LogP contribution in [-0.4, -0.2) is 29.0 Å². The quantitative estimate of drug-likeness (QED) is 0.642. The van der Waals surface area contributed by atoms with Crippen molar-refractivity contribution in [2.24, 2.45) is 0 Å². The van der Waals surface area contributed by atoms with E-state index in [1.807, 2.05) is 42.6 Å². The molecule has 0 saturated carbocycles. The zero-order valence-corrected chi connectivity index (χ0v) is 15.3. The molecule has 3 rings (SSSR count). The normalized spacial score (nSPS) is 11.8. The molecule has 6 nitrogen and oxygen atoms in total. The molecule has 0 aliphatic heterocycles. The van der Waals surface area contributed by atoms with Gasteiger partial charge in [-0.25, -0.2) is 9.78 Å². The van der Waals surface area contributed by atoms with Gasteiger partial charge in [0, 0.05) is 23.6 Å². The fraction of sp³-hybridized carbons (Fsp3) is 0.211. The Bertz CT molecular complexity index is 902. The highest BCUT2D eigenvalue weighted by molar-refractivity contribution is 7.14. The summed E-state index contributed by atoms with van der Waals surface area (Å²) in [5, 5.41) is 5.21. The fourth-order valence-corrected chi connectivity index (χ4v) is 3.32. The number of carbonyl (C=O) groups excluding carboxylic acids is 2. The maximum Gasteiger partial charge on any atom is 0.354 e. The van der Waals surface area contributed by atoms with Gasteiger partial charge in [0.1, 0.15) is 5.69 Å². The molecule has 1 atom stereocenters. The smallest absolute Gasteiger partial charge is 0.354 e. The monoisotopic (exact) mass is 369 g/mol. The van der Waals surface area contributed by atoms with Gasteiger partial charge in [-0.05, 0) is 17.5 Å². The minimum Gasteiger partial charge on any atom is -0.464 e. The molecule has 0 bridgehead atoms. The third kappa shape index (κ3) is 4.18. The van der Waals surface area contributed by atoms with Crippen LogP contribution in [0.1, 0.15) is 35.3 Å². The number of aromatic nitrogens is 2. The maximum absolute atomic E-state index is 12.3. The number of esters is 1. The summed E-state index contributed by atoms with van der Waals surface area (Å²) in [6.45, 7) is 2.02. The van der Waals surface area contributed by atoms with Crippen LogP contribution in [0.4, 0.5) is 5.13 Å². The number of rotatable bonds is 6. The SMILES string of the molecule is COC(=O)c1cc(-c2csc(NC(=O)CC(C)c3ccccc3)n2)c[nH]1. The van der Waals surface area contributed by atoms with E-state index in [-0.39, 0.29) is 11.8 Å². The number of ether oxygens (including phenoxy) is 1. The Kier molecular flexibility index (Phi) is 5.48. The average molecular weight is 369 g/mol. The number of benzene rings is 1. The molecule has 2 aromatic heterocycles. The molecule has 26 heavy (non-hydrogen) atoms. The Morgan fingerprint density at radius 3 is 2.81 bits per heavy atom. The molecular formula is C19H19N3O3S. The first kappa shape index (κ1) is 17.9. The van der Waals surface area contributed by atoms with E-state index in [0.717, 1.165) is 11.1 Å². The Hall–Kier alpha value is -2.93. The zero-order chi connectivity index (χ0) is 18.5. The summed E-state index contributed by atoms with van der Waals surface area (Å²) in [4.78, 5) is 31.0. The number of hydrogen-bond donors (Lipinski definition) is 2. The second-order valence-corrected chi connectivity index (χ2v) is 6.75. The highest BCUT2D eigenvalue weighted by Gasteiger charge is 2.15. The molecule has 0 aliphatic carbocycles. The van der Waals surface area contributed by atoms with Crippen LogP contribution in [-0.2, 0) is 9.53 Å². The van der Waals surface area contributed by atoms with Crippen LogP contribution in [0.5, 0.6) is 0 Å². The molecule has 1 aromatic carbocycles. The van der Waals surface area contributed by atoms with Gasteiger partial charge in [-0.1, -0.05) is 37.3 Å². The van der Waals surface area contributed by atoms with Gasteiger partial charge < -0.3 is 15.0 Å². The highest BCUT2D eigenvalue weighted by atomic mass is 32.1. The van der Waals surface area contributed by atoms with Gasteiger partial charge in [-0.3, -0.25) is 4.79 Å². The number of amides is 1. The second kappa shape index (κ2) is 7.97. The lowest BCUT2D eigenvalue weighted by Crippen LogP contribution is -2.14. The molecule has 1 amide bonds. The lowest BCUT2D eigenvalue weighted by atomic mass is 9.98. The average Bonchev–Trinajstić information content (AvgIpc) is 3.31. The summed E-state index contributed by atoms with van der Waals surface area (Å²) < 4.78 is 4.67. The van der Waals surface area contributed by atoms with E-state index in [1.165, 1.54) is 18.4 Å². The van der Waals surface area contributed by atoms with E-state index >= 15 is 0 Å². The van der Waals surface area contributed by atoms with Crippen molar-refractivity contribution in [3.05, 3.63) is 59.2 Å². The first-order chi connectivity index (χ1) is 12.6. The van der Waals surface area contributed by atoms with E-state index in [2.05, 4.69) is 20.0 Å². The second-order valence-electron chi connectivity index (χ2n) is 5.90. The molecule has 0 spiro atoms. The third-order valence-corrected chi connectivity index (χ3v) is 4.75. The molecule has 0 aliphatic rings. The van der Waals surface area contributed by atoms with Crippen LogP contribution in [0.25, 0.3) is 11.3 Å². The summed E-state index contributed by atoms with van der Waals surface area (Å²) in [5.74, 6) is -0.385. The number of nitrogens with one attached hydrogen (secondary N) is 2. The standard InChI is InChI=1S/C19H19N3O3S/c1-12(13-6-4-3-5-7-13)8-17(23)22-19-21-16(11-26-19)14-9-15(20-10-14)18(24)25-2/h3-7,9-12,20H,8H2,1-2H3,(H,21,22,23). The molecule has 134 valence electrons. The Morgan fingerprint density at radius 1 is 1.31 bits per heavy atom. The highest BCUT2D eigenvalue weighted by Crippen LogP contribution is 2.26. The number of carbonyl (C=O) groups is 2. The minimum atomic E-state index is -0.435. The van der Waals surface area contributed by atoms with Crippen molar-refractivity contribution in [3.63, 3.8) is 0 Å². The first-order valence-electron chi connectivity index (χ1n) is 8.14. The summed E-state index contributed by atoms with van der Waals surface area (Å²) in [5.41, 5.74) is 2.94. The van der Waals surface area contributed by atoms with Gasteiger partial charge in [-0.15, -0.1) is 11.3 Å². The molecule has 0 fully saturated rings. The number of H-pyrrole nitrogens is 1. The van der Waals surface area contributed by atoms with Crippen LogP contribution < -0.4 is 5.32 Å². The molecule has 3 aromatic rings. The Labute approximate surface area is 155 Å². The number of methoxy groups -OCH3 is 1. The summed E-state index contributed by atoms with van der Waals surface area (Å²) >= 11 is 1.35. The number of nitrogens with zero attached hydrogens (tertiary/aromatic N) is 1. The van der Waals surface area contributed by atoms with Crippen LogP contribution in [0.15, 0.2) is 48.0 Å². The van der Waals surface area contributed by atoms with E-state index in [4.69, 9.17) is 0 Å². The van der Waals surface area contributed by atoms with Crippen molar-refractivity contribution in [1.29, 1.82) is 0 Å². The maximum atomic E-state index is 12.3. The van der Waals surface area contributed by atoms with Crippen LogP contribution in [0.3, 0.4) is 0 Å². The lowest BCUT2D eigenvalue weighted by Gasteiger charge is -2.10. The van der Waals surface area contributed by atoms with Gasteiger partial charge in [0.2, 0.25) is 5.91 Å². The van der Waals surface area contributed by atoms with Crippen molar-refractivity contribution < 1.29 is 14.3 Å². The van der Waals surface area contributed by atoms with Gasteiger partial charge in [-0.2, -0.15) is 0 Å². The third-order valence-electron chi connectivity index (χ3n) is 3.99. The summed E-state index contributed by atoms with van der Waals surface area (Å²) in [6, 6.07) is 11.6. The number of thiazole rings is 1. The van der Waals surface area contributed by atoms with Crippen LogP contribution in [0.2, 0.25) is 0 Å². The van der Waals surface area contributed by atoms with Crippen molar-refractivity contribution in [2.45, 2.75) is 19.3 Å². The minimum absolute atomic E-state index is 0.0772. The van der Waals surface area contributed by atoms with Crippen LogP contribution >= 0.6 is 11.3 Å². The lowest BCUT2D eigenvalue weighted by molar-refractivity contribution is -0.116. The van der Waals surface area contributed by atoms with Crippen molar-refractivity contribution in [1.82, 2.24) is 9.97 Å². The predicted molar refractivity (Wildman–Crippen MR) is 101 cm³/mol. The van der Waals surface area contributed by atoms with E-state index < -0.39 is 5.97 Å². The van der Waals surface area contributed by atoms with E-state index in [9.17, 15) is 9.59 Å². The van der Waals surface area contributed by atoms with Gasteiger partial charge in [0.05, 0.1) is 12.8 Å². The number of hydrogen-bond acceptors (Lipinski definition) is 5. The molecule has 0 radical (unpaired) electrons. The van der Waals surface area contributed by atoms with Gasteiger partial charge >= 0.3 is 5.97 Å². The predicted octanol–water partition coefficient (Wildman–Crippen LogP) is 4.06. The number of aromatic amines is 1. The van der Waals surface area contributed by atoms with Crippen LogP contribution in [0, 0.1) is 0 Å². The molecule has 1 unspecified atom stereocenters. The Balaban J connectivity index is 1.62. The topological polar surface area (TPSA) is 84.1 Å². The molecule has 0 saturated heterocycles. The first-order valence-corrected chi connectivity index (χ1v) is 9.02. The largest absolute Gasteiger partial charge is 0.464 e. The summed E-state index contributed by atoms with van der Waals surface area (Å²) in [6.07, 6.45) is 2.07. The van der Waals surface area contributed by atoms with Crippen molar-refractivity contribution in [3.8, 4) is 11.3 Å².